The third kappa shape index (κ3) is 4.79. The van der Waals surface area contributed by atoms with Gasteiger partial charge < -0.3 is 15.6 Å². The van der Waals surface area contributed by atoms with Crippen molar-refractivity contribution in [3.05, 3.63) is 47.2 Å². The van der Waals surface area contributed by atoms with E-state index >= 15 is 0 Å². The molecule has 2 aromatic heterocycles. The van der Waals surface area contributed by atoms with E-state index in [-0.39, 0.29) is 24.0 Å². The van der Waals surface area contributed by atoms with Crippen LogP contribution in [0.1, 0.15) is 43.0 Å². The normalized spacial score (nSPS) is 16.2. The fourth-order valence-corrected chi connectivity index (χ4v) is 4.11. The van der Waals surface area contributed by atoms with Gasteiger partial charge in [0.15, 0.2) is 11.8 Å². The highest BCUT2D eigenvalue weighted by Gasteiger charge is 2.22. The van der Waals surface area contributed by atoms with Crippen LogP contribution >= 0.6 is 24.0 Å². The first-order valence-corrected chi connectivity index (χ1v) is 10.7. The molecule has 1 aliphatic rings. The third-order valence-electron chi connectivity index (χ3n) is 5.74. The smallest absolute Gasteiger partial charge is 0.191 e. The molecule has 30 heavy (non-hydrogen) atoms. The summed E-state index contributed by atoms with van der Waals surface area (Å²) in [4.78, 5) is 12.5. The number of guanidine groups is 1. The average molecular weight is 521 g/mol. The van der Waals surface area contributed by atoms with Crippen LogP contribution in [0.3, 0.4) is 0 Å². The summed E-state index contributed by atoms with van der Waals surface area (Å²) in [5.74, 6) is 2.89. The summed E-state index contributed by atoms with van der Waals surface area (Å²) in [6.45, 7) is 5.97. The Morgan fingerprint density at radius 3 is 2.90 bits per heavy atom. The molecule has 3 heterocycles. The van der Waals surface area contributed by atoms with Crippen molar-refractivity contribution in [3.63, 3.8) is 0 Å². The molecule has 8 heteroatoms. The van der Waals surface area contributed by atoms with Crippen molar-refractivity contribution in [3.8, 4) is 0 Å². The molecule has 0 amide bonds. The Balaban J connectivity index is 0.00000256. The van der Waals surface area contributed by atoms with E-state index in [2.05, 4.69) is 68.9 Å². The first-order chi connectivity index (χ1) is 14.2. The minimum Gasteiger partial charge on any atom is -0.361 e. The van der Waals surface area contributed by atoms with Gasteiger partial charge in [-0.2, -0.15) is 5.10 Å². The molecule has 0 bridgehead atoms. The van der Waals surface area contributed by atoms with Gasteiger partial charge in [0, 0.05) is 49.6 Å². The summed E-state index contributed by atoms with van der Waals surface area (Å²) in [5.41, 5.74) is 3.98. The van der Waals surface area contributed by atoms with Gasteiger partial charge in [0.05, 0.1) is 6.54 Å². The molecule has 162 valence electrons. The number of halogens is 1. The van der Waals surface area contributed by atoms with E-state index in [9.17, 15) is 0 Å². The Labute approximate surface area is 195 Å². The van der Waals surface area contributed by atoms with Crippen molar-refractivity contribution in [1.29, 1.82) is 0 Å². The molecule has 4 rings (SSSR count). The molecule has 1 unspecified atom stereocenters. The van der Waals surface area contributed by atoms with Crippen LogP contribution in [-0.2, 0) is 32.2 Å². The second-order valence-corrected chi connectivity index (χ2v) is 7.62. The predicted molar refractivity (Wildman–Crippen MR) is 133 cm³/mol. The molecule has 0 radical (unpaired) electrons. The fourth-order valence-electron chi connectivity index (χ4n) is 4.11. The first kappa shape index (κ1) is 22.6. The maximum absolute atomic E-state index is 4.59. The first-order valence-electron chi connectivity index (χ1n) is 10.7. The number of hydrogen-bond donors (Lipinski definition) is 3. The van der Waals surface area contributed by atoms with Crippen LogP contribution < -0.4 is 10.6 Å². The van der Waals surface area contributed by atoms with Gasteiger partial charge in [-0.05, 0) is 30.4 Å². The van der Waals surface area contributed by atoms with Gasteiger partial charge >= 0.3 is 0 Å². The number of benzene rings is 1. The molecule has 0 aliphatic carbocycles. The standard InChI is InChI=1S/C22H31N7.HI/c1-4-15-7-6-8-18-16(13-25-21(15)18)11-12-24-22(23-3)26-17-9-10-20-27-19(5-2)28-29(20)14-17;/h6-8,13,17,25H,4-5,9-12,14H2,1-3H3,(H2,23,24,26);1H. The van der Waals surface area contributed by atoms with Crippen LogP contribution in [0.25, 0.3) is 10.9 Å². The van der Waals surface area contributed by atoms with Crippen LogP contribution in [0, 0.1) is 0 Å². The molecular formula is C22H32IN7. The topological polar surface area (TPSA) is 82.9 Å². The highest BCUT2D eigenvalue weighted by atomic mass is 127. The predicted octanol–water partition coefficient (Wildman–Crippen LogP) is 3.22. The number of H-pyrrole nitrogens is 1. The van der Waals surface area contributed by atoms with Crippen molar-refractivity contribution in [2.45, 2.75) is 58.5 Å². The maximum Gasteiger partial charge on any atom is 0.191 e. The molecule has 0 fully saturated rings. The third-order valence-corrected chi connectivity index (χ3v) is 5.74. The van der Waals surface area contributed by atoms with Gasteiger partial charge in [0.2, 0.25) is 0 Å². The molecule has 0 spiro atoms. The van der Waals surface area contributed by atoms with E-state index in [1.165, 1.54) is 22.0 Å². The summed E-state index contributed by atoms with van der Waals surface area (Å²) in [7, 11) is 1.83. The van der Waals surface area contributed by atoms with Crippen molar-refractivity contribution < 1.29 is 0 Å². The monoisotopic (exact) mass is 521 g/mol. The van der Waals surface area contributed by atoms with E-state index in [0.717, 1.165) is 62.8 Å². The lowest BCUT2D eigenvalue weighted by molar-refractivity contribution is 0.392. The number of aromatic nitrogens is 4. The summed E-state index contributed by atoms with van der Waals surface area (Å²) in [6.07, 6.45) is 7.02. The Morgan fingerprint density at radius 1 is 1.27 bits per heavy atom. The zero-order chi connectivity index (χ0) is 20.2. The second kappa shape index (κ2) is 10.3. The number of nitrogens with one attached hydrogen (secondary N) is 3. The fraction of sp³-hybridized carbons (Fsp3) is 0.500. The van der Waals surface area contributed by atoms with E-state index < -0.39 is 0 Å². The van der Waals surface area contributed by atoms with Crippen molar-refractivity contribution in [2.75, 3.05) is 13.6 Å². The van der Waals surface area contributed by atoms with Crippen LogP contribution in [0.15, 0.2) is 29.4 Å². The maximum atomic E-state index is 4.59. The van der Waals surface area contributed by atoms with Gasteiger partial charge in [-0.15, -0.1) is 24.0 Å². The van der Waals surface area contributed by atoms with Crippen LogP contribution in [0.5, 0.6) is 0 Å². The SMILES string of the molecule is CCc1nc2n(n1)CC(NC(=NC)NCCc1c[nH]c3c(CC)cccc13)CC2.I. The van der Waals surface area contributed by atoms with Crippen molar-refractivity contribution >= 4 is 40.8 Å². The second-order valence-electron chi connectivity index (χ2n) is 7.62. The van der Waals surface area contributed by atoms with Gasteiger partial charge in [0.25, 0.3) is 0 Å². The summed E-state index contributed by atoms with van der Waals surface area (Å²) >= 11 is 0. The van der Waals surface area contributed by atoms with Crippen LogP contribution in [0.4, 0.5) is 0 Å². The zero-order valence-electron chi connectivity index (χ0n) is 18.0. The summed E-state index contributed by atoms with van der Waals surface area (Å²) < 4.78 is 2.05. The highest BCUT2D eigenvalue weighted by molar-refractivity contribution is 14.0. The molecule has 3 N–H and O–H groups in total. The lowest BCUT2D eigenvalue weighted by Crippen LogP contribution is -2.47. The molecule has 1 aromatic carbocycles. The molecule has 1 aliphatic heterocycles. The lowest BCUT2D eigenvalue weighted by Gasteiger charge is -2.25. The summed E-state index contributed by atoms with van der Waals surface area (Å²) in [6, 6.07) is 6.87. The number of rotatable bonds is 6. The van der Waals surface area contributed by atoms with E-state index in [1.807, 2.05) is 11.7 Å². The molecule has 0 saturated heterocycles. The number of aromatic amines is 1. The Bertz CT molecular complexity index is 1000. The largest absolute Gasteiger partial charge is 0.361 e. The van der Waals surface area contributed by atoms with E-state index in [0.29, 0.717) is 6.04 Å². The van der Waals surface area contributed by atoms with Crippen molar-refractivity contribution in [2.24, 2.45) is 4.99 Å². The van der Waals surface area contributed by atoms with E-state index in [1.54, 1.807) is 0 Å². The molecule has 0 saturated carbocycles. The van der Waals surface area contributed by atoms with Crippen LogP contribution in [0.2, 0.25) is 0 Å². The Hall–Kier alpha value is -2.10. The minimum absolute atomic E-state index is 0. The van der Waals surface area contributed by atoms with Gasteiger partial charge in [-0.3, -0.25) is 4.99 Å². The minimum atomic E-state index is 0. The zero-order valence-corrected chi connectivity index (χ0v) is 20.4. The number of aryl methyl sites for hydroxylation is 3. The van der Waals surface area contributed by atoms with Gasteiger partial charge in [0.1, 0.15) is 5.82 Å². The number of aliphatic imine (C=N–C) groups is 1. The summed E-state index contributed by atoms with van der Waals surface area (Å²) in [5, 5.41) is 12.9. The lowest BCUT2D eigenvalue weighted by atomic mass is 10.1. The quantitative estimate of drug-likeness (QED) is 0.264. The molecule has 7 nitrogen and oxygen atoms in total. The number of nitrogens with zero attached hydrogens (tertiary/aromatic N) is 4. The van der Waals surface area contributed by atoms with E-state index in [4.69, 9.17) is 0 Å². The van der Waals surface area contributed by atoms with Crippen molar-refractivity contribution in [1.82, 2.24) is 30.4 Å². The number of fused-ring (bicyclic) bond motifs is 2. The number of hydrogen-bond acceptors (Lipinski definition) is 3. The highest BCUT2D eigenvalue weighted by Crippen LogP contribution is 2.22. The van der Waals surface area contributed by atoms with Gasteiger partial charge in [-0.1, -0.05) is 32.0 Å². The average Bonchev–Trinajstić information content (AvgIpc) is 3.36. The molecular weight excluding hydrogens is 489 g/mol. The molecule has 1 atom stereocenters. The Morgan fingerprint density at radius 2 is 2.13 bits per heavy atom. The Kier molecular flexibility index (Phi) is 7.74. The molecule has 3 aromatic rings. The van der Waals surface area contributed by atoms with Gasteiger partial charge in [-0.25, -0.2) is 9.67 Å². The number of para-hydroxylation sites is 1. The van der Waals surface area contributed by atoms with Crippen LogP contribution in [-0.4, -0.2) is 45.3 Å².